The molecule has 0 aromatic rings. The van der Waals surface area contributed by atoms with E-state index in [-0.39, 0.29) is 9.42 Å². The molecule has 0 aliphatic carbocycles. The number of rotatable bonds is 0. The van der Waals surface area contributed by atoms with Gasteiger partial charge in [-0.1, -0.05) is 0 Å². The van der Waals surface area contributed by atoms with Crippen molar-refractivity contribution >= 4 is 4.00 Å². The first kappa shape index (κ1) is 7.41. The van der Waals surface area contributed by atoms with Crippen molar-refractivity contribution in [2.24, 2.45) is 5.41 Å². The summed E-state index contributed by atoms with van der Waals surface area (Å²) < 4.78 is 0.0531. The van der Waals surface area contributed by atoms with Gasteiger partial charge in [-0.3, -0.25) is 0 Å². The van der Waals surface area contributed by atoms with Gasteiger partial charge < -0.3 is 0 Å². The fourth-order valence-electron chi connectivity index (χ4n) is 0. The molecule has 0 amide bonds. The fourth-order valence-corrected chi connectivity index (χ4v) is 0. The summed E-state index contributed by atoms with van der Waals surface area (Å²) in [5.74, 6) is 0. The molecule has 0 aliphatic rings. The Morgan fingerprint density at radius 2 is 1.57 bits per heavy atom. The first-order chi connectivity index (χ1) is 2.94. The fraction of sp³-hybridized carbons (Fsp3) is 0.800. The summed E-state index contributed by atoms with van der Waals surface area (Å²) in [7, 11) is 0. The molecule has 7 heavy (non-hydrogen) atoms. The van der Waals surface area contributed by atoms with Crippen LogP contribution in [-0.2, 0) is 25.9 Å². The van der Waals surface area contributed by atoms with Crippen molar-refractivity contribution in [3.63, 3.8) is 0 Å². The van der Waals surface area contributed by atoms with Gasteiger partial charge in [0.25, 0.3) is 0 Å². The topological polar surface area (TPSA) is 17.1 Å². The van der Waals surface area contributed by atoms with Gasteiger partial charge in [-0.05, 0) is 0 Å². The minimum atomic E-state index is -0.223. The first-order valence-corrected chi connectivity index (χ1v) is 2.85. The molecule has 1 nitrogen and oxygen atoms in total. The van der Waals surface area contributed by atoms with Crippen LogP contribution < -0.4 is 0 Å². The maximum atomic E-state index is 10.4. The first-order valence-electron chi connectivity index (χ1n) is 2.10. The quantitative estimate of drug-likeness (QED) is 0.526. The Morgan fingerprint density at radius 1 is 1.43 bits per heavy atom. The molecule has 0 saturated carbocycles. The van der Waals surface area contributed by atoms with E-state index in [2.05, 4.69) is 21.1 Å². The average molecular weight is 193 g/mol. The molecule has 0 N–H and O–H groups in total. The van der Waals surface area contributed by atoms with Gasteiger partial charge in [-0.15, -0.1) is 0 Å². The average Bonchev–Trinajstić information content (AvgIpc) is 1.31. The van der Waals surface area contributed by atoms with Crippen LogP contribution in [0.1, 0.15) is 20.8 Å². The molecular formula is C5H9AgO. The van der Waals surface area contributed by atoms with Crippen molar-refractivity contribution in [2.45, 2.75) is 20.8 Å². The summed E-state index contributed by atoms with van der Waals surface area (Å²) in [6, 6.07) is 0. The van der Waals surface area contributed by atoms with Crippen LogP contribution in [-0.4, -0.2) is 4.00 Å². The maximum absolute atomic E-state index is 10.4. The van der Waals surface area contributed by atoms with E-state index in [0.717, 1.165) is 0 Å². The van der Waals surface area contributed by atoms with Gasteiger partial charge in [0.05, 0.1) is 0 Å². The predicted molar refractivity (Wildman–Crippen MR) is 24.5 cm³/mol. The van der Waals surface area contributed by atoms with Gasteiger partial charge in [-0.25, -0.2) is 0 Å². The Hall–Kier alpha value is 0.410. The standard InChI is InChI=1S/C5H9O.Ag/c1-5(2,3)4-6;/h1-3H3;. The number of hydrogen-bond acceptors (Lipinski definition) is 1. The molecule has 0 aromatic heterocycles. The number of carbonyl (C=O) groups excluding carboxylic acids is 1. The Labute approximate surface area is 56.4 Å². The third kappa shape index (κ3) is 3.03. The zero-order valence-electron chi connectivity index (χ0n) is 4.71. The van der Waals surface area contributed by atoms with Crippen LogP contribution in [0.5, 0.6) is 0 Å². The molecule has 46 valence electrons. The van der Waals surface area contributed by atoms with Crippen molar-refractivity contribution < 1.29 is 25.9 Å². The second kappa shape index (κ2) is 2.12. The Kier molecular flexibility index (Phi) is 2.24. The number of hydrogen-bond donors (Lipinski definition) is 0. The van der Waals surface area contributed by atoms with Crippen LogP contribution >= 0.6 is 0 Å². The normalized spacial score (nSPS) is 11.6. The molecule has 0 bridgehead atoms. The minimum absolute atomic E-state index is 0.0531. The summed E-state index contributed by atoms with van der Waals surface area (Å²) in [4.78, 5) is 10.4. The van der Waals surface area contributed by atoms with Crippen LogP contribution in [0.25, 0.3) is 0 Å². The van der Waals surface area contributed by atoms with Crippen molar-refractivity contribution in [3.8, 4) is 0 Å². The molecule has 0 aromatic carbocycles. The van der Waals surface area contributed by atoms with Crippen molar-refractivity contribution in [1.82, 2.24) is 0 Å². The second-order valence-corrected chi connectivity index (χ2v) is 3.16. The van der Waals surface area contributed by atoms with Crippen molar-refractivity contribution in [2.75, 3.05) is 0 Å². The van der Waals surface area contributed by atoms with E-state index in [0.29, 0.717) is 0 Å². The summed E-state index contributed by atoms with van der Waals surface area (Å²) in [6.07, 6.45) is 0. The molecule has 0 saturated heterocycles. The van der Waals surface area contributed by atoms with Gasteiger partial charge in [-0.2, -0.15) is 0 Å². The predicted octanol–water partition coefficient (Wildman–Crippen LogP) is 1.11. The van der Waals surface area contributed by atoms with Crippen LogP contribution in [0.3, 0.4) is 0 Å². The molecular weight excluding hydrogens is 184 g/mol. The molecule has 0 unspecified atom stereocenters. The van der Waals surface area contributed by atoms with E-state index in [1.54, 1.807) is 0 Å². The van der Waals surface area contributed by atoms with Crippen molar-refractivity contribution in [3.05, 3.63) is 0 Å². The monoisotopic (exact) mass is 192 g/mol. The van der Waals surface area contributed by atoms with Gasteiger partial charge in [0.2, 0.25) is 0 Å². The van der Waals surface area contributed by atoms with Crippen LogP contribution in [0.2, 0.25) is 0 Å². The molecule has 2 heteroatoms. The van der Waals surface area contributed by atoms with Crippen molar-refractivity contribution in [1.29, 1.82) is 0 Å². The summed E-state index contributed by atoms with van der Waals surface area (Å²) >= 11 is 2.87. The molecule has 0 rings (SSSR count). The van der Waals surface area contributed by atoms with E-state index in [4.69, 9.17) is 0 Å². The Balaban J connectivity index is 3.79. The number of carbonyl (C=O) groups is 1. The Bertz CT molecular complexity index is 80.6. The third-order valence-corrected chi connectivity index (χ3v) is 1.64. The summed E-state index contributed by atoms with van der Waals surface area (Å²) in [5.41, 5.74) is -0.223. The Morgan fingerprint density at radius 3 is 1.57 bits per heavy atom. The van der Waals surface area contributed by atoms with Crippen LogP contribution in [0.15, 0.2) is 0 Å². The summed E-state index contributed by atoms with van der Waals surface area (Å²) in [6.45, 7) is 5.59. The zero-order chi connectivity index (χ0) is 6.08. The molecule has 0 atom stereocenters. The van der Waals surface area contributed by atoms with E-state index in [1.165, 1.54) is 0 Å². The third-order valence-electron chi connectivity index (χ3n) is 0.532. The van der Waals surface area contributed by atoms with Gasteiger partial charge in [0.1, 0.15) is 0 Å². The molecule has 0 aliphatic heterocycles. The molecule has 0 spiro atoms. The van der Waals surface area contributed by atoms with E-state index < -0.39 is 0 Å². The van der Waals surface area contributed by atoms with Crippen LogP contribution in [0.4, 0.5) is 0 Å². The van der Waals surface area contributed by atoms with Gasteiger partial charge >= 0.3 is 56.0 Å². The van der Waals surface area contributed by atoms with Crippen LogP contribution in [0, 0.1) is 5.41 Å². The van der Waals surface area contributed by atoms with E-state index in [1.807, 2.05) is 20.8 Å². The van der Waals surface area contributed by atoms with E-state index in [9.17, 15) is 4.79 Å². The van der Waals surface area contributed by atoms with Gasteiger partial charge in [0.15, 0.2) is 0 Å². The zero-order valence-corrected chi connectivity index (χ0v) is 6.19. The molecule has 0 fully saturated rings. The SMILES string of the molecule is CC(C)(C)[C](=O)[Ag]. The van der Waals surface area contributed by atoms with E-state index >= 15 is 0 Å². The summed E-state index contributed by atoms with van der Waals surface area (Å²) in [5, 5.41) is 0. The molecule has 0 radical (unpaired) electrons. The molecule has 0 heterocycles. The second-order valence-electron chi connectivity index (χ2n) is 2.49. The van der Waals surface area contributed by atoms with Gasteiger partial charge in [0, 0.05) is 0 Å².